The second-order valence-electron chi connectivity index (χ2n) is 6.81. The number of halogens is 1. The molecule has 0 saturated heterocycles. The molecule has 1 aliphatic carbocycles. The lowest BCUT2D eigenvalue weighted by Gasteiger charge is -2.18. The monoisotopic (exact) mass is 404 g/mol. The van der Waals surface area contributed by atoms with Crippen LogP contribution >= 0.6 is 11.3 Å². The molecule has 1 heterocycles. The summed E-state index contributed by atoms with van der Waals surface area (Å²) in [4.78, 5) is 37.1. The van der Waals surface area contributed by atoms with Crippen LogP contribution in [0.4, 0.5) is 10.1 Å². The molecule has 3 rings (SSSR count). The summed E-state index contributed by atoms with van der Waals surface area (Å²) >= 11 is 1.56. The van der Waals surface area contributed by atoms with E-state index in [9.17, 15) is 18.8 Å². The molecule has 1 aliphatic rings. The van der Waals surface area contributed by atoms with E-state index in [1.165, 1.54) is 29.1 Å². The van der Waals surface area contributed by atoms with Crippen LogP contribution in [0.1, 0.15) is 34.1 Å². The van der Waals surface area contributed by atoms with E-state index >= 15 is 0 Å². The number of thiophene rings is 1. The summed E-state index contributed by atoms with van der Waals surface area (Å²) in [5.74, 6) is -1.35. The Bertz CT molecular complexity index is 879. The van der Waals surface area contributed by atoms with Crippen LogP contribution in [0.15, 0.2) is 29.6 Å². The summed E-state index contributed by atoms with van der Waals surface area (Å²) in [7, 11) is 0. The third-order valence-corrected chi connectivity index (χ3v) is 5.58. The van der Waals surface area contributed by atoms with Crippen LogP contribution in [-0.2, 0) is 27.2 Å². The molecule has 1 aromatic heterocycles. The van der Waals surface area contributed by atoms with Gasteiger partial charge < -0.3 is 15.4 Å². The normalized spacial score (nSPS) is 15.4. The van der Waals surface area contributed by atoms with Gasteiger partial charge in [0.25, 0.3) is 5.91 Å². The van der Waals surface area contributed by atoms with E-state index in [4.69, 9.17) is 4.74 Å². The van der Waals surface area contributed by atoms with E-state index in [-0.39, 0.29) is 6.54 Å². The average molecular weight is 404 g/mol. The summed E-state index contributed by atoms with van der Waals surface area (Å²) < 4.78 is 17.9. The largest absolute Gasteiger partial charge is 0.452 e. The quantitative estimate of drug-likeness (QED) is 0.725. The fourth-order valence-corrected chi connectivity index (χ4v) is 4.26. The molecule has 0 aliphatic heterocycles. The van der Waals surface area contributed by atoms with Gasteiger partial charge in [-0.15, -0.1) is 11.3 Å². The van der Waals surface area contributed by atoms with E-state index in [0.717, 1.165) is 24.8 Å². The van der Waals surface area contributed by atoms with Gasteiger partial charge in [-0.25, -0.2) is 9.18 Å². The molecule has 0 fully saturated rings. The summed E-state index contributed by atoms with van der Waals surface area (Å²) in [6.07, 6.45) is 2.85. The van der Waals surface area contributed by atoms with Crippen molar-refractivity contribution in [2.45, 2.75) is 26.2 Å². The third-order valence-electron chi connectivity index (χ3n) is 4.53. The highest BCUT2D eigenvalue weighted by molar-refractivity contribution is 7.10. The predicted molar refractivity (Wildman–Crippen MR) is 104 cm³/mol. The molecule has 1 aromatic carbocycles. The predicted octanol–water partition coefficient (Wildman–Crippen LogP) is 2.92. The van der Waals surface area contributed by atoms with Gasteiger partial charge in [-0.2, -0.15) is 0 Å². The Balaban J connectivity index is 1.42. The Hall–Kier alpha value is -2.74. The maximum atomic E-state index is 12.8. The van der Waals surface area contributed by atoms with Gasteiger partial charge in [-0.1, -0.05) is 6.92 Å². The van der Waals surface area contributed by atoms with Crippen molar-refractivity contribution < 1.29 is 23.5 Å². The molecule has 8 heteroatoms. The minimum absolute atomic E-state index is 0.278. The highest BCUT2D eigenvalue weighted by Crippen LogP contribution is 2.33. The van der Waals surface area contributed by atoms with Gasteiger partial charge in [0.2, 0.25) is 5.91 Å². The van der Waals surface area contributed by atoms with Crippen LogP contribution in [0.5, 0.6) is 0 Å². The van der Waals surface area contributed by atoms with Gasteiger partial charge in [-0.05, 0) is 55.0 Å². The minimum Gasteiger partial charge on any atom is -0.452 e. The lowest BCUT2D eigenvalue weighted by atomic mass is 9.88. The van der Waals surface area contributed by atoms with E-state index in [1.807, 2.05) is 0 Å². The molecule has 1 unspecified atom stereocenters. The molecule has 2 amide bonds. The zero-order valence-corrected chi connectivity index (χ0v) is 16.2. The second-order valence-corrected chi connectivity index (χ2v) is 7.77. The topological polar surface area (TPSA) is 84.5 Å². The first-order chi connectivity index (χ1) is 13.4. The molecule has 1 atom stereocenters. The maximum Gasteiger partial charge on any atom is 0.339 e. The SMILES string of the molecule is CC1CCc2c(C(=O)OCC(=O)NCC(=O)Nc3ccc(F)cc3)csc2C1. The highest BCUT2D eigenvalue weighted by Gasteiger charge is 2.24. The zero-order valence-electron chi connectivity index (χ0n) is 15.4. The van der Waals surface area contributed by atoms with Crippen LogP contribution in [0.25, 0.3) is 0 Å². The first-order valence-electron chi connectivity index (χ1n) is 9.01. The van der Waals surface area contributed by atoms with Crippen LogP contribution in [0.2, 0.25) is 0 Å². The minimum atomic E-state index is -0.569. The highest BCUT2D eigenvalue weighted by atomic mass is 32.1. The number of amides is 2. The van der Waals surface area contributed by atoms with E-state index < -0.39 is 30.2 Å². The second kappa shape index (κ2) is 8.97. The Morgan fingerprint density at radius 3 is 2.71 bits per heavy atom. The van der Waals surface area contributed by atoms with E-state index in [1.54, 1.807) is 16.7 Å². The number of carbonyl (C=O) groups excluding carboxylic acids is 3. The summed E-state index contributed by atoms with van der Waals surface area (Å²) in [6.45, 7) is 1.46. The van der Waals surface area contributed by atoms with Crippen molar-refractivity contribution in [2.75, 3.05) is 18.5 Å². The summed E-state index contributed by atoms with van der Waals surface area (Å²) in [5.41, 5.74) is 1.99. The van der Waals surface area contributed by atoms with E-state index in [0.29, 0.717) is 17.2 Å². The Labute approximate surface area is 166 Å². The fraction of sp³-hybridized carbons (Fsp3) is 0.350. The maximum absolute atomic E-state index is 12.8. The van der Waals surface area contributed by atoms with Crippen LogP contribution in [0, 0.1) is 11.7 Å². The Kier molecular flexibility index (Phi) is 6.41. The lowest BCUT2D eigenvalue weighted by molar-refractivity contribution is -0.126. The lowest BCUT2D eigenvalue weighted by Crippen LogP contribution is -2.35. The van der Waals surface area contributed by atoms with Crippen molar-refractivity contribution in [1.82, 2.24) is 5.32 Å². The molecule has 0 saturated carbocycles. The van der Waals surface area contributed by atoms with Gasteiger partial charge in [0.1, 0.15) is 5.82 Å². The van der Waals surface area contributed by atoms with Crippen LogP contribution in [-0.4, -0.2) is 30.9 Å². The van der Waals surface area contributed by atoms with Gasteiger partial charge >= 0.3 is 5.97 Å². The molecule has 28 heavy (non-hydrogen) atoms. The number of anilines is 1. The number of fused-ring (bicyclic) bond motifs is 1. The number of nitrogens with one attached hydrogen (secondary N) is 2. The van der Waals surface area contributed by atoms with Crippen LogP contribution in [0.3, 0.4) is 0 Å². The van der Waals surface area contributed by atoms with Crippen molar-refractivity contribution in [2.24, 2.45) is 5.92 Å². The molecule has 0 radical (unpaired) electrons. The molecule has 0 spiro atoms. The Morgan fingerprint density at radius 2 is 1.96 bits per heavy atom. The van der Waals surface area contributed by atoms with Crippen molar-refractivity contribution in [3.63, 3.8) is 0 Å². The number of carbonyl (C=O) groups is 3. The van der Waals surface area contributed by atoms with Crippen molar-refractivity contribution >= 4 is 34.8 Å². The number of hydrogen-bond donors (Lipinski definition) is 2. The third kappa shape index (κ3) is 5.16. The molecular weight excluding hydrogens is 383 g/mol. The van der Waals surface area contributed by atoms with E-state index in [2.05, 4.69) is 17.6 Å². The van der Waals surface area contributed by atoms with Crippen molar-refractivity contribution in [3.05, 3.63) is 51.5 Å². The standard InChI is InChI=1S/C20H21FN2O4S/c1-12-2-7-15-16(11-28-17(15)8-12)20(26)27-10-19(25)22-9-18(24)23-14-5-3-13(21)4-6-14/h3-6,11-12H,2,7-10H2,1H3,(H,22,25)(H,23,24). The van der Waals surface area contributed by atoms with Gasteiger partial charge in [0.15, 0.2) is 6.61 Å². The number of benzene rings is 1. The fourth-order valence-electron chi connectivity index (χ4n) is 3.03. The first-order valence-corrected chi connectivity index (χ1v) is 9.89. The molecule has 148 valence electrons. The first kappa shape index (κ1) is 20.0. The molecular formula is C20H21FN2O4S. The van der Waals surface area contributed by atoms with Gasteiger partial charge in [-0.3, -0.25) is 9.59 Å². The van der Waals surface area contributed by atoms with Crippen molar-refractivity contribution in [3.8, 4) is 0 Å². The van der Waals surface area contributed by atoms with Gasteiger partial charge in [0.05, 0.1) is 12.1 Å². The smallest absolute Gasteiger partial charge is 0.339 e. The molecule has 0 bridgehead atoms. The number of hydrogen-bond acceptors (Lipinski definition) is 5. The average Bonchev–Trinajstić information content (AvgIpc) is 3.09. The zero-order chi connectivity index (χ0) is 20.1. The van der Waals surface area contributed by atoms with Crippen LogP contribution < -0.4 is 10.6 Å². The summed E-state index contributed by atoms with van der Waals surface area (Å²) in [5, 5.41) is 6.70. The number of ether oxygens (including phenoxy) is 1. The number of rotatable bonds is 6. The van der Waals surface area contributed by atoms with Crippen molar-refractivity contribution in [1.29, 1.82) is 0 Å². The summed E-state index contributed by atoms with van der Waals surface area (Å²) in [6, 6.07) is 5.27. The molecule has 2 aromatic rings. The molecule has 6 nitrogen and oxygen atoms in total. The Morgan fingerprint density at radius 1 is 1.21 bits per heavy atom. The number of esters is 1. The molecule has 2 N–H and O–H groups in total. The van der Waals surface area contributed by atoms with Gasteiger partial charge in [0, 0.05) is 15.9 Å².